The minimum Gasteiger partial charge on any atom is -0.336 e. The number of likely N-dealkylation sites (N-methyl/N-ethyl adjacent to an activating group) is 1. The Bertz CT molecular complexity index is 548. The molecule has 0 radical (unpaired) electrons. The lowest BCUT2D eigenvalue weighted by Crippen LogP contribution is -2.35. The minimum absolute atomic E-state index is 0. The maximum atomic E-state index is 12.1. The number of carbonyl (C=O) groups is 2. The standard InChI is InChI=1S/C17H24ClN3O2.ClH/c1-21(17(23)6-5-13-7-9-19-10-8-13)12-16(22)20-15-4-2-3-14(18)11-15;/h2-4,11,13,19H,5-10,12H2,1H3,(H,20,22);1H. The summed E-state index contributed by atoms with van der Waals surface area (Å²) in [6, 6.07) is 6.96. The smallest absolute Gasteiger partial charge is 0.243 e. The molecule has 1 aliphatic rings. The van der Waals surface area contributed by atoms with Crippen LogP contribution in [0, 0.1) is 5.92 Å². The number of benzene rings is 1. The van der Waals surface area contributed by atoms with Crippen molar-refractivity contribution in [3.05, 3.63) is 29.3 Å². The van der Waals surface area contributed by atoms with Gasteiger partial charge in [0.05, 0.1) is 6.54 Å². The fourth-order valence-electron chi connectivity index (χ4n) is 2.76. The first-order chi connectivity index (χ1) is 11.0. The third-order valence-corrected chi connectivity index (χ3v) is 4.38. The first kappa shape index (κ1) is 20.7. The topological polar surface area (TPSA) is 61.4 Å². The summed E-state index contributed by atoms with van der Waals surface area (Å²) in [5.74, 6) is 0.420. The molecule has 0 unspecified atom stereocenters. The molecule has 1 aliphatic heterocycles. The molecule has 0 bridgehead atoms. The Kier molecular flexibility index (Phi) is 9.11. The van der Waals surface area contributed by atoms with Gasteiger partial charge in [-0.25, -0.2) is 0 Å². The molecule has 1 fully saturated rings. The molecule has 24 heavy (non-hydrogen) atoms. The predicted molar refractivity (Wildman–Crippen MR) is 99.8 cm³/mol. The van der Waals surface area contributed by atoms with Crippen LogP contribution in [0.4, 0.5) is 5.69 Å². The van der Waals surface area contributed by atoms with E-state index in [4.69, 9.17) is 11.6 Å². The fourth-order valence-corrected chi connectivity index (χ4v) is 2.95. The summed E-state index contributed by atoms with van der Waals surface area (Å²) < 4.78 is 0. The summed E-state index contributed by atoms with van der Waals surface area (Å²) in [6.07, 6.45) is 3.67. The van der Waals surface area contributed by atoms with Crippen LogP contribution < -0.4 is 10.6 Å². The van der Waals surface area contributed by atoms with E-state index in [1.807, 2.05) is 0 Å². The van der Waals surface area contributed by atoms with Gasteiger partial charge in [-0.1, -0.05) is 17.7 Å². The average Bonchev–Trinajstić information content (AvgIpc) is 2.53. The van der Waals surface area contributed by atoms with Crippen molar-refractivity contribution in [1.82, 2.24) is 10.2 Å². The third kappa shape index (κ3) is 7.07. The van der Waals surface area contributed by atoms with Gasteiger partial charge in [-0.15, -0.1) is 12.4 Å². The molecule has 1 saturated heterocycles. The summed E-state index contributed by atoms with van der Waals surface area (Å²) in [7, 11) is 1.67. The van der Waals surface area contributed by atoms with Crippen LogP contribution in [0.5, 0.6) is 0 Å². The number of nitrogens with zero attached hydrogens (tertiary/aromatic N) is 1. The highest BCUT2D eigenvalue weighted by Gasteiger charge is 2.17. The number of halogens is 2. The zero-order valence-electron chi connectivity index (χ0n) is 13.9. The van der Waals surface area contributed by atoms with E-state index in [0.717, 1.165) is 32.4 Å². The predicted octanol–water partition coefficient (Wildman–Crippen LogP) is 2.94. The van der Waals surface area contributed by atoms with Gasteiger partial charge in [0.2, 0.25) is 11.8 Å². The Morgan fingerprint density at radius 2 is 2.04 bits per heavy atom. The second-order valence-electron chi connectivity index (χ2n) is 6.04. The number of nitrogens with one attached hydrogen (secondary N) is 2. The molecule has 2 amide bonds. The number of amides is 2. The van der Waals surface area contributed by atoms with Gasteiger partial charge in [-0.2, -0.15) is 0 Å². The van der Waals surface area contributed by atoms with E-state index in [-0.39, 0.29) is 30.8 Å². The second kappa shape index (κ2) is 10.5. The van der Waals surface area contributed by atoms with Crippen LogP contribution in [0.2, 0.25) is 5.02 Å². The Morgan fingerprint density at radius 3 is 2.71 bits per heavy atom. The highest BCUT2D eigenvalue weighted by atomic mass is 35.5. The summed E-state index contributed by atoms with van der Waals surface area (Å²) in [5, 5.41) is 6.63. The molecule has 0 saturated carbocycles. The number of hydrogen-bond donors (Lipinski definition) is 2. The van der Waals surface area contributed by atoms with Crippen LogP contribution >= 0.6 is 24.0 Å². The van der Waals surface area contributed by atoms with Crippen molar-refractivity contribution in [3.8, 4) is 0 Å². The maximum absolute atomic E-state index is 12.1. The van der Waals surface area contributed by atoms with Gasteiger partial charge in [0.25, 0.3) is 0 Å². The number of piperidine rings is 1. The van der Waals surface area contributed by atoms with E-state index >= 15 is 0 Å². The third-order valence-electron chi connectivity index (χ3n) is 4.14. The SMILES string of the molecule is CN(CC(=O)Nc1cccc(Cl)c1)C(=O)CCC1CCNCC1.Cl. The van der Waals surface area contributed by atoms with Crippen molar-refractivity contribution in [2.75, 3.05) is 32.0 Å². The van der Waals surface area contributed by atoms with Crippen molar-refractivity contribution in [3.63, 3.8) is 0 Å². The molecule has 0 aliphatic carbocycles. The number of carbonyl (C=O) groups excluding carboxylic acids is 2. The summed E-state index contributed by atoms with van der Waals surface area (Å²) >= 11 is 5.88. The van der Waals surface area contributed by atoms with Crippen LogP contribution in [0.1, 0.15) is 25.7 Å². The Balaban J connectivity index is 0.00000288. The molecule has 2 rings (SSSR count). The van der Waals surface area contributed by atoms with Crippen molar-refractivity contribution in [2.24, 2.45) is 5.92 Å². The molecule has 1 heterocycles. The first-order valence-corrected chi connectivity index (χ1v) is 8.42. The minimum atomic E-state index is -0.218. The van der Waals surface area contributed by atoms with Gasteiger partial charge in [-0.3, -0.25) is 9.59 Å². The lowest BCUT2D eigenvalue weighted by atomic mass is 9.93. The van der Waals surface area contributed by atoms with Crippen LogP contribution in [0.25, 0.3) is 0 Å². The highest BCUT2D eigenvalue weighted by Crippen LogP contribution is 2.18. The molecule has 0 atom stereocenters. The number of anilines is 1. The van der Waals surface area contributed by atoms with E-state index in [1.165, 1.54) is 4.90 Å². The van der Waals surface area contributed by atoms with E-state index in [1.54, 1.807) is 31.3 Å². The van der Waals surface area contributed by atoms with Crippen LogP contribution in [-0.4, -0.2) is 43.4 Å². The fraction of sp³-hybridized carbons (Fsp3) is 0.529. The van der Waals surface area contributed by atoms with E-state index in [9.17, 15) is 9.59 Å². The van der Waals surface area contributed by atoms with Gasteiger partial charge >= 0.3 is 0 Å². The van der Waals surface area contributed by atoms with Gasteiger partial charge in [0.1, 0.15) is 0 Å². The lowest BCUT2D eigenvalue weighted by Gasteiger charge is -2.23. The molecular weight excluding hydrogens is 349 g/mol. The average molecular weight is 374 g/mol. The van der Waals surface area contributed by atoms with Crippen molar-refractivity contribution < 1.29 is 9.59 Å². The van der Waals surface area contributed by atoms with E-state index in [0.29, 0.717) is 23.0 Å². The van der Waals surface area contributed by atoms with Crippen LogP contribution in [0.15, 0.2) is 24.3 Å². The van der Waals surface area contributed by atoms with Crippen molar-refractivity contribution in [2.45, 2.75) is 25.7 Å². The molecule has 5 nitrogen and oxygen atoms in total. The molecule has 134 valence electrons. The largest absolute Gasteiger partial charge is 0.336 e. The van der Waals surface area contributed by atoms with Gasteiger partial charge < -0.3 is 15.5 Å². The molecule has 1 aromatic rings. The summed E-state index contributed by atoms with van der Waals surface area (Å²) in [6.45, 7) is 2.13. The second-order valence-corrected chi connectivity index (χ2v) is 6.48. The van der Waals surface area contributed by atoms with Crippen molar-refractivity contribution >= 4 is 41.5 Å². The van der Waals surface area contributed by atoms with Gasteiger partial charge in [-0.05, 0) is 56.5 Å². The van der Waals surface area contributed by atoms with Crippen molar-refractivity contribution in [1.29, 1.82) is 0 Å². The Hall–Kier alpha value is -1.30. The summed E-state index contributed by atoms with van der Waals surface area (Å²) in [4.78, 5) is 25.6. The molecule has 1 aromatic carbocycles. The normalized spacial score (nSPS) is 14.6. The number of rotatable bonds is 6. The molecule has 0 spiro atoms. The molecule has 2 N–H and O–H groups in total. The zero-order valence-corrected chi connectivity index (χ0v) is 15.5. The quantitative estimate of drug-likeness (QED) is 0.805. The maximum Gasteiger partial charge on any atom is 0.243 e. The van der Waals surface area contributed by atoms with Crippen LogP contribution in [0.3, 0.4) is 0 Å². The van der Waals surface area contributed by atoms with E-state index in [2.05, 4.69) is 10.6 Å². The van der Waals surface area contributed by atoms with E-state index < -0.39 is 0 Å². The monoisotopic (exact) mass is 373 g/mol. The molecule has 7 heteroatoms. The summed E-state index contributed by atoms with van der Waals surface area (Å²) in [5.41, 5.74) is 0.637. The Morgan fingerprint density at radius 1 is 1.33 bits per heavy atom. The molecule has 0 aromatic heterocycles. The number of hydrogen-bond acceptors (Lipinski definition) is 3. The first-order valence-electron chi connectivity index (χ1n) is 8.04. The highest BCUT2D eigenvalue weighted by molar-refractivity contribution is 6.30. The molecular formula is C17H25Cl2N3O2. The Labute approximate surface area is 154 Å². The van der Waals surface area contributed by atoms with Gasteiger partial charge in [0.15, 0.2) is 0 Å². The van der Waals surface area contributed by atoms with Crippen LogP contribution in [-0.2, 0) is 9.59 Å². The van der Waals surface area contributed by atoms with Gasteiger partial charge in [0, 0.05) is 24.2 Å². The lowest BCUT2D eigenvalue weighted by molar-refractivity contribution is -0.133. The zero-order chi connectivity index (χ0) is 16.7.